The van der Waals surface area contributed by atoms with Crippen molar-refractivity contribution in [1.82, 2.24) is 9.97 Å². The molecule has 1 N–H and O–H groups in total. The fourth-order valence-electron chi connectivity index (χ4n) is 1.99. The Labute approximate surface area is 122 Å². The molecule has 18 heavy (non-hydrogen) atoms. The summed E-state index contributed by atoms with van der Waals surface area (Å²) in [6.45, 7) is 2.07. The zero-order valence-corrected chi connectivity index (χ0v) is 12.8. The second kappa shape index (κ2) is 4.52. The van der Waals surface area contributed by atoms with Crippen molar-refractivity contribution in [2.45, 2.75) is 6.92 Å². The van der Waals surface area contributed by atoms with Crippen LogP contribution in [0.2, 0.25) is 0 Å². The Morgan fingerprint density at radius 1 is 1.00 bits per heavy atom. The first-order valence-corrected chi connectivity index (χ1v) is 7.14. The summed E-state index contributed by atoms with van der Waals surface area (Å²) in [6.07, 6.45) is 0. The van der Waals surface area contributed by atoms with Gasteiger partial charge in [0.05, 0.1) is 11.0 Å². The first-order chi connectivity index (χ1) is 8.63. The molecule has 0 fully saturated rings. The number of hydrogen-bond acceptors (Lipinski definition) is 1. The van der Waals surface area contributed by atoms with Crippen LogP contribution < -0.4 is 0 Å². The molecule has 0 saturated heterocycles. The molecule has 2 aromatic carbocycles. The highest BCUT2D eigenvalue weighted by molar-refractivity contribution is 9.10. The Kier molecular flexibility index (Phi) is 2.99. The third-order valence-electron chi connectivity index (χ3n) is 2.86. The van der Waals surface area contributed by atoms with Crippen LogP contribution in [0, 0.1) is 6.92 Å². The SMILES string of the molecule is Cc1cc(Br)cc2[nH]c(-c3ccc(Br)cc3)nc12. The molecule has 0 saturated carbocycles. The van der Waals surface area contributed by atoms with Crippen LogP contribution in [-0.4, -0.2) is 9.97 Å². The van der Waals surface area contributed by atoms with Gasteiger partial charge in [-0.25, -0.2) is 4.98 Å². The monoisotopic (exact) mass is 364 g/mol. The molecular formula is C14H10Br2N2. The van der Waals surface area contributed by atoms with E-state index in [0.717, 1.165) is 31.4 Å². The third-order valence-corrected chi connectivity index (χ3v) is 3.85. The first kappa shape index (κ1) is 11.9. The number of aromatic nitrogens is 2. The summed E-state index contributed by atoms with van der Waals surface area (Å²) in [6, 6.07) is 12.3. The number of aromatic amines is 1. The van der Waals surface area contributed by atoms with Crippen LogP contribution in [-0.2, 0) is 0 Å². The number of hydrogen-bond donors (Lipinski definition) is 1. The summed E-state index contributed by atoms with van der Waals surface area (Å²) in [5.74, 6) is 0.902. The summed E-state index contributed by atoms with van der Waals surface area (Å²) in [5, 5.41) is 0. The molecule has 90 valence electrons. The molecule has 0 aliphatic carbocycles. The number of nitrogens with one attached hydrogen (secondary N) is 1. The molecule has 0 aliphatic heterocycles. The minimum absolute atomic E-state index is 0.902. The molecule has 0 aliphatic rings. The maximum atomic E-state index is 4.66. The lowest BCUT2D eigenvalue weighted by atomic mass is 10.2. The predicted octanol–water partition coefficient (Wildman–Crippen LogP) is 5.06. The average Bonchev–Trinajstić information content (AvgIpc) is 2.74. The largest absolute Gasteiger partial charge is 0.338 e. The van der Waals surface area contributed by atoms with Gasteiger partial charge in [-0.1, -0.05) is 44.0 Å². The third kappa shape index (κ3) is 2.10. The van der Waals surface area contributed by atoms with Gasteiger partial charge in [0.2, 0.25) is 0 Å². The summed E-state index contributed by atoms with van der Waals surface area (Å²) in [5.41, 5.74) is 4.33. The molecule has 2 nitrogen and oxygen atoms in total. The van der Waals surface area contributed by atoms with Crippen LogP contribution >= 0.6 is 31.9 Å². The molecule has 0 spiro atoms. The van der Waals surface area contributed by atoms with E-state index in [2.05, 4.69) is 60.9 Å². The minimum Gasteiger partial charge on any atom is -0.338 e. The van der Waals surface area contributed by atoms with Crippen molar-refractivity contribution in [2.24, 2.45) is 0 Å². The van der Waals surface area contributed by atoms with Gasteiger partial charge in [-0.2, -0.15) is 0 Å². The fourth-order valence-corrected chi connectivity index (χ4v) is 2.83. The van der Waals surface area contributed by atoms with Gasteiger partial charge in [-0.15, -0.1) is 0 Å². The molecule has 4 heteroatoms. The number of rotatable bonds is 1. The zero-order chi connectivity index (χ0) is 12.7. The normalized spacial score (nSPS) is 11.1. The number of benzene rings is 2. The van der Waals surface area contributed by atoms with Crippen molar-refractivity contribution >= 4 is 42.9 Å². The van der Waals surface area contributed by atoms with Crippen molar-refractivity contribution in [3.63, 3.8) is 0 Å². The van der Waals surface area contributed by atoms with Crippen LogP contribution in [0.5, 0.6) is 0 Å². The molecule has 0 unspecified atom stereocenters. The van der Waals surface area contributed by atoms with E-state index in [1.54, 1.807) is 0 Å². The molecule has 0 bridgehead atoms. The topological polar surface area (TPSA) is 28.7 Å². The number of H-pyrrole nitrogens is 1. The van der Waals surface area contributed by atoms with Gasteiger partial charge >= 0.3 is 0 Å². The Balaban J connectivity index is 2.19. The fraction of sp³-hybridized carbons (Fsp3) is 0.0714. The van der Waals surface area contributed by atoms with Crippen LogP contribution in [0.15, 0.2) is 45.3 Å². The van der Waals surface area contributed by atoms with E-state index in [4.69, 9.17) is 0 Å². The number of nitrogens with zero attached hydrogens (tertiary/aromatic N) is 1. The van der Waals surface area contributed by atoms with E-state index in [1.165, 1.54) is 5.56 Å². The summed E-state index contributed by atoms with van der Waals surface area (Å²) in [4.78, 5) is 8.02. The van der Waals surface area contributed by atoms with E-state index in [1.807, 2.05) is 24.3 Å². The van der Waals surface area contributed by atoms with E-state index in [0.29, 0.717) is 0 Å². The van der Waals surface area contributed by atoms with E-state index < -0.39 is 0 Å². The highest BCUT2D eigenvalue weighted by Crippen LogP contribution is 2.26. The number of halogens is 2. The lowest BCUT2D eigenvalue weighted by molar-refractivity contribution is 1.33. The molecular weight excluding hydrogens is 356 g/mol. The highest BCUT2D eigenvalue weighted by atomic mass is 79.9. The van der Waals surface area contributed by atoms with Gasteiger partial charge < -0.3 is 4.98 Å². The van der Waals surface area contributed by atoms with Crippen LogP contribution in [0.25, 0.3) is 22.4 Å². The van der Waals surface area contributed by atoms with Gasteiger partial charge in [0.1, 0.15) is 5.82 Å². The second-order valence-electron chi connectivity index (χ2n) is 4.21. The second-order valence-corrected chi connectivity index (χ2v) is 6.04. The highest BCUT2D eigenvalue weighted by Gasteiger charge is 2.08. The van der Waals surface area contributed by atoms with Gasteiger partial charge in [0.15, 0.2) is 0 Å². The van der Waals surface area contributed by atoms with Crippen molar-refractivity contribution in [3.05, 3.63) is 50.9 Å². The molecule has 3 rings (SSSR count). The van der Waals surface area contributed by atoms with Crippen LogP contribution in [0.4, 0.5) is 0 Å². The maximum absolute atomic E-state index is 4.66. The van der Waals surface area contributed by atoms with E-state index >= 15 is 0 Å². The molecule has 0 amide bonds. The first-order valence-electron chi connectivity index (χ1n) is 5.55. The van der Waals surface area contributed by atoms with Crippen molar-refractivity contribution in [2.75, 3.05) is 0 Å². The van der Waals surface area contributed by atoms with Gasteiger partial charge in [0.25, 0.3) is 0 Å². The lowest BCUT2D eigenvalue weighted by Gasteiger charge is -1.95. The molecule has 3 aromatic rings. The van der Waals surface area contributed by atoms with E-state index in [9.17, 15) is 0 Å². The summed E-state index contributed by atoms with van der Waals surface area (Å²) >= 11 is 6.94. The smallest absolute Gasteiger partial charge is 0.138 e. The molecule has 1 heterocycles. The molecule has 1 aromatic heterocycles. The summed E-state index contributed by atoms with van der Waals surface area (Å²) in [7, 11) is 0. The maximum Gasteiger partial charge on any atom is 0.138 e. The van der Waals surface area contributed by atoms with Gasteiger partial charge in [-0.3, -0.25) is 0 Å². The average molecular weight is 366 g/mol. The van der Waals surface area contributed by atoms with Crippen molar-refractivity contribution < 1.29 is 0 Å². The van der Waals surface area contributed by atoms with Crippen molar-refractivity contribution in [3.8, 4) is 11.4 Å². The van der Waals surface area contributed by atoms with Crippen LogP contribution in [0.1, 0.15) is 5.56 Å². The molecule has 0 atom stereocenters. The Hall–Kier alpha value is -1.13. The Morgan fingerprint density at radius 2 is 1.72 bits per heavy atom. The van der Waals surface area contributed by atoms with Crippen molar-refractivity contribution in [1.29, 1.82) is 0 Å². The van der Waals surface area contributed by atoms with E-state index in [-0.39, 0.29) is 0 Å². The minimum atomic E-state index is 0.902. The molecule has 0 radical (unpaired) electrons. The summed E-state index contributed by atoms with van der Waals surface area (Å²) < 4.78 is 2.14. The quantitative estimate of drug-likeness (QED) is 0.641. The standard InChI is InChI=1S/C14H10Br2N2/c1-8-6-11(16)7-12-13(8)18-14(17-12)9-2-4-10(15)5-3-9/h2-7H,1H3,(H,17,18). The van der Waals surface area contributed by atoms with Gasteiger partial charge in [0, 0.05) is 14.5 Å². The Morgan fingerprint density at radius 3 is 2.44 bits per heavy atom. The predicted molar refractivity (Wildman–Crippen MR) is 81.7 cm³/mol. The zero-order valence-electron chi connectivity index (χ0n) is 9.67. The number of imidazole rings is 1. The number of aryl methyl sites for hydroxylation is 1. The lowest BCUT2D eigenvalue weighted by Crippen LogP contribution is -1.79. The van der Waals surface area contributed by atoms with Gasteiger partial charge in [-0.05, 0) is 36.8 Å². The Bertz CT molecular complexity index is 714. The number of fused-ring (bicyclic) bond motifs is 1. The van der Waals surface area contributed by atoms with Crippen LogP contribution in [0.3, 0.4) is 0 Å².